The Morgan fingerprint density at radius 1 is 1.55 bits per heavy atom. The SMILES string of the molecule is CCCCNC.CCOc1nc(C=O)cc(N)c1C#N. The molecule has 0 saturated heterocycles. The lowest BCUT2D eigenvalue weighted by atomic mass is 10.2. The predicted octanol–water partition coefficient (Wildman–Crippen LogP) is 1.75. The second-order valence-corrected chi connectivity index (χ2v) is 3.94. The summed E-state index contributed by atoms with van der Waals surface area (Å²) < 4.78 is 5.08. The molecule has 1 rings (SSSR count). The largest absolute Gasteiger partial charge is 0.477 e. The van der Waals surface area contributed by atoms with E-state index in [0.29, 0.717) is 12.9 Å². The standard InChI is InChI=1S/C9H9N3O2.C5H13N/c1-2-14-9-7(4-10)8(11)3-6(5-13)12-9;1-3-4-5-6-2/h3,5H,2H2,1H3,(H2,11,12);6H,3-5H2,1-2H3. The third-order valence-electron chi connectivity index (χ3n) is 2.33. The van der Waals surface area contributed by atoms with Crippen LogP contribution in [-0.4, -0.2) is 31.5 Å². The molecule has 1 aromatic rings. The molecule has 1 aromatic heterocycles. The van der Waals surface area contributed by atoms with Crippen LogP contribution in [0.25, 0.3) is 0 Å². The van der Waals surface area contributed by atoms with Gasteiger partial charge >= 0.3 is 0 Å². The number of pyridine rings is 1. The number of unbranched alkanes of at least 4 members (excludes halogenated alkanes) is 1. The summed E-state index contributed by atoms with van der Waals surface area (Å²) in [7, 11) is 1.98. The maximum absolute atomic E-state index is 10.5. The summed E-state index contributed by atoms with van der Waals surface area (Å²) in [5, 5.41) is 11.8. The van der Waals surface area contributed by atoms with Crippen molar-refractivity contribution in [1.82, 2.24) is 10.3 Å². The van der Waals surface area contributed by atoms with E-state index in [0.717, 1.165) is 6.54 Å². The molecule has 20 heavy (non-hydrogen) atoms. The van der Waals surface area contributed by atoms with E-state index in [9.17, 15) is 4.79 Å². The Labute approximate surface area is 119 Å². The van der Waals surface area contributed by atoms with Crippen molar-refractivity contribution in [2.24, 2.45) is 0 Å². The first kappa shape index (κ1) is 17.9. The third-order valence-corrected chi connectivity index (χ3v) is 2.33. The molecule has 0 unspecified atom stereocenters. The first-order chi connectivity index (χ1) is 9.64. The van der Waals surface area contributed by atoms with E-state index >= 15 is 0 Å². The number of aldehydes is 1. The van der Waals surface area contributed by atoms with Gasteiger partial charge in [-0.25, -0.2) is 4.98 Å². The van der Waals surface area contributed by atoms with Crippen molar-refractivity contribution in [3.63, 3.8) is 0 Å². The van der Waals surface area contributed by atoms with Crippen molar-refractivity contribution in [3.05, 3.63) is 17.3 Å². The van der Waals surface area contributed by atoms with Crippen LogP contribution in [0.1, 0.15) is 42.7 Å². The summed E-state index contributed by atoms with van der Waals surface area (Å²) in [6.07, 6.45) is 3.15. The molecule has 0 aliphatic rings. The van der Waals surface area contributed by atoms with Crippen molar-refractivity contribution in [1.29, 1.82) is 5.26 Å². The lowest BCUT2D eigenvalue weighted by Gasteiger charge is -2.06. The Bertz CT molecular complexity index is 451. The summed E-state index contributed by atoms with van der Waals surface area (Å²) in [6.45, 7) is 5.48. The number of aromatic nitrogens is 1. The summed E-state index contributed by atoms with van der Waals surface area (Å²) in [5.74, 6) is 0.108. The zero-order valence-corrected chi connectivity index (χ0v) is 12.3. The molecule has 0 saturated carbocycles. The summed E-state index contributed by atoms with van der Waals surface area (Å²) in [6, 6.07) is 3.21. The fraction of sp³-hybridized carbons (Fsp3) is 0.500. The number of anilines is 1. The van der Waals surface area contributed by atoms with Gasteiger partial charge in [0.05, 0.1) is 12.3 Å². The maximum Gasteiger partial charge on any atom is 0.234 e. The zero-order valence-electron chi connectivity index (χ0n) is 12.3. The number of rotatable bonds is 6. The van der Waals surface area contributed by atoms with E-state index in [4.69, 9.17) is 15.7 Å². The van der Waals surface area contributed by atoms with Gasteiger partial charge in [0.1, 0.15) is 17.3 Å². The fourth-order valence-electron chi connectivity index (χ4n) is 1.33. The number of nitrogens with two attached hydrogens (primary N) is 1. The number of hydrogen-bond acceptors (Lipinski definition) is 6. The molecule has 110 valence electrons. The molecule has 6 heteroatoms. The van der Waals surface area contributed by atoms with E-state index in [2.05, 4.69) is 17.2 Å². The van der Waals surface area contributed by atoms with Gasteiger partial charge in [-0.1, -0.05) is 13.3 Å². The lowest BCUT2D eigenvalue weighted by molar-refractivity contribution is 0.111. The van der Waals surface area contributed by atoms with Crippen molar-refractivity contribution < 1.29 is 9.53 Å². The molecule has 0 spiro atoms. The summed E-state index contributed by atoms with van der Waals surface area (Å²) in [4.78, 5) is 14.3. The van der Waals surface area contributed by atoms with Crippen LogP contribution in [0.5, 0.6) is 5.88 Å². The average Bonchev–Trinajstić information content (AvgIpc) is 2.45. The molecular weight excluding hydrogens is 256 g/mol. The van der Waals surface area contributed by atoms with E-state index in [1.807, 2.05) is 13.1 Å². The first-order valence-corrected chi connectivity index (χ1v) is 6.57. The highest BCUT2D eigenvalue weighted by Gasteiger charge is 2.10. The van der Waals surface area contributed by atoms with E-state index in [1.54, 1.807) is 6.92 Å². The number of carbonyl (C=O) groups excluding carboxylic acids is 1. The first-order valence-electron chi connectivity index (χ1n) is 6.57. The van der Waals surface area contributed by atoms with Crippen LogP contribution in [-0.2, 0) is 0 Å². The predicted molar refractivity (Wildman–Crippen MR) is 78.8 cm³/mol. The van der Waals surface area contributed by atoms with Gasteiger partial charge in [-0.2, -0.15) is 5.26 Å². The minimum atomic E-state index is 0.108. The molecule has 3 N–H and O–H groups in total. The highest BCUT2D eigenvalue weighted by molar-refractivity contribution is 5.76. The molecule has 0 aromatic carbocycles. The van der Waals surface area contributed by atoms with Gasteiger partial charge in [-0.3, -0.25) is 4.79 Å². The number of nitrogens with zero attached hydrogens (tertiary/aromatic N) is 2. The lowest BCUT2D eigenvalue weighted by Crippen LogP contribution is -2.06. The second-order valence-electron chi connectivity index (χ2n) is 3.94. The summed E-state index contributed by atoms with van der Waals surface area (Å²) >= 11 is 0. The van der Waals surface area contributed by atoms with Crippen molar-refractivity contribution >= 4 is 12.0 Å². The molecule has 0 aliphatic carbocycles. The Morgan fingerprint density at radius 3 is 2.65 bits per heavy atom. The number of hydrogen-bond donors (Lipinski definition) is 2. The number of nitriles is 1. The van der Waals surface area contributed by atoms with E-state index < -0.39 is 0 Å². The molecule has 6 nitrogen and oxygen atoms in total. The van der Waals surface area contributed by atoms with Gasteiger partial charge in [0.25, 0.3) is 0 Å². The van der Waals surface area contributed by atoms with Crippen LogP contribution in [0.4, 0.5) is 5.69 Å². The van der Waals surface area contributed by atoms with E-state index in [-0.39, 0.29) is 22.8 Å². The number of ether oxygens (including phenoxy) is 1. The number of carbonyl (C=O) groups is 1. The van der Waals surface area contributed by atoms with Gasteiger partial charge in [-0.15, -0.1) is 0 Å². The fourth-order valence-corrected chi connectivity index (χ4v) is 1.33. The van der Waals surface area contributed by atoms with Crippen molar-refractivity contribution in [2.45, 2.75) is 26.7 Å². The van der Waals surface area contributed by atoms with Crippen LogP contribution in [0.3, 0.4) is 0 Å². The number of nitrogen functional groups attached to an aromatic ring is 1. The molecule has 0 atom stereocenters. The monoisotopic (exact) mass is 278 g/mol. The maximum atomic E-state index is 10.5. The Hall–Kier alpha value is -2.13. The Kier molecular flexibility index (Phi) is 9.62. The minimum Gasteiger partial charge on any atom is -0.477 e. The van der Waals surface area contributed by atoms with Crippen LogP contribution in [0, 0.1) is 11.3 Å². The van der Waals surface area contributed by atoms with Gasteiger partial charge < -0.3 is 15.8 Å². The Morgan fingerprint density at radius 2 is 2.25 bits per heavy atom. The van der Waals surface area contributed by atoms with Crippen LogP contribution in [0.2, 0.25) is 0 Å². The van der Waals surface area contributed by atoms with Gasteiger partial charge in [0.15, 0.2) is 6.29 Å². The van der Waals surface area contributed by atoms with Gasteiger partial charge in [0.2, 0.25) is 5.88 Å². The topological polar surface area (TPSA) is 101 Å². The van der Waals surface area contributed by atoms with Crippen LogP contribution >= 0.6 is 0 Å². The average molecular weight is 278 g/mol. The highest BCUT2D eigenvalue weighted by Crippen LogP contribution is 2.21. The third kappa shape index (κ3) is 6.16. The molecule has 0 radical (unpaired) electrons. The smallest absolute Gasteiger partial charge is 0.234 e. The molecule has 0 bridgehead atoms. The normalized spacial score (nSPS) is 9.10. The second kappa shape index (κ2) is 10.8. The van der Waals surface area contributed by atoms with Gasteiger partial charge in [0, 0.05) is 0 Å². The van der Waals surface area contributed by atoms with Crippen LogP contribution in [0.15, 0.2) is 6.07 Å². The van der Waals surface area contributed by atoms with Crippen molar-refractivity contribution in [3.8, 4) is 11.9 Å². The molecule has 1 heterocycles. The molecule has 0 fully saturated rings. The van der Waals surface area contributed by atoms with E-state index in [1.165, 1.54) is 18.9 Å². The Balaban J connectivity index is 0.000000511. The highest BCUT2D eigenvalue weighted by atomic mass is 16.5. The molecular formula is C14H22N4O2. The van der Waals surface area contributed by atoms with Crippen LogP contribution < -0.4 is 15.8 Å². The molecule has 0 aliphatic heterocycles. The molecule has 0 amide bonds. The van der Waals surface area contributed by atoms with Gasteiger partial charge in [-0.05, 0) is 33.0 Å². The minimum absolute atomic E-state index is 0.108. The number of nitrogens with one attached hydrogen (secondary N) is 1. The van der Waals surface area contributed by atoms with Crippen molar-refractivity contribution in [2.75, 3.05) is 25.9 Å². The summed E-state index contributed by atoms with van der Waals surface area (Å²) in [5.41, 5.74) is 6.06. The zero-order chi connectivity index (χ0) is 15.4. The quantitative estimate of drug-likeness (QED) is 0.607.